The summed E-state index contributed by atoms with van der Waals surface area (Å²) in [6.45, 7) is 19.4. The zero-order valence-corrected chi connectivity index (χ0v) is 38.4. The van der Waals surface area contributed by atoms with Gasteiger partial charge in [0.05, 0.1) is 35.2 Å². The number of hydrogen-bond acceptors (Lipinski definition) is 2. The van der Waals surface area contributed by atoms with Crippen molar-refractivity contribution in [2.45, 2.75) is 141 Å². The topological polar surface area (TPSA) is 35.6 Å². The van der Waals surface area contributed by atoms with Crippen LogP contribution in [0.15, 0.2) is 128 Å². The predicted molar refractivity (Wildman–Crippen MR) is 257 cm³/mol. The summed E-state index contributed by atoms with van der Waals surface area (Å²) in [4.78, 5) is 0. The van der Waals surface area contributed by atoms with Gasteiger partial charge in [0.15, 0.2) is 0 Å². The van der Waals surface area contributed by atoms with Gasteiger partial charge in [-0.15, -0.1) is 0 Å². The van der Waals surface area contributed by atoms with Gasteiger partial charge in [0.1, 0.15) is 0 Å². The van der Waals surface area contributed by atoms with Gasteiger partial charge < -0.3 is 0 Å². The molecule has 0 saturated heterocycles. The number of hydrogen-bond donors (Lipinski definition) is 0. The highest BCUT2D eigenvalue weighted by Gasteiger charge is 2.50. The minimum Gasteiger partial charge on any atom is -0.236 e. The van der Waals surface area contributed by atoms with Gasteiger partial charge in [-0.1, -0.05) is 178 Å². The number of rotatable bonds is 9. The van der Waals surface area contributed by atoms with Crippen molar-refractivity contribution in [2.75, 3.05) is 0 Å². The van der Waals surface area contributed by atoms with Gasteiger partial charge in [-0.2, -0.15) is 10.2 Å². The molecular formula is C58H64N4. The van der Waals surface area contributed by atoms with Crippen LogP contribution >= 0.6 is 0 Å². The van der Waals surface area contributed by atoms with Gasteiger partial charge >= 0.3 is 0 Å². The fourth-order valence-electron chi connectivity index (χ4n) is 11.4. The van der Waals surface area contributed by atoms with E-state index in [2.05, 4.69) is 192 Å². The molecule has 3 aliphatic rings. The molecule has 0 N–H and O–H groups in total. The minimum atomic E-state index is -0.123. The predicted octanol–water partition coefficient (Wildman–Crippen LogP) is 14.1. The normalized spacial score (nSPS) is 18.1. The molecule has 0 bridgehead atoms. The Morgan fingerprint density at radius 3 is 1.31 bits per heavy atom. The van der Waals surface area contributed by atoms with E-state index in [4.69, 9.17) is 10.2 Å². The van der Waals surface area contributed by atoms with E-state index in [1.54, 1.807) is 5.56 Å². The second-order valence-electron chi connectivity index (χ2n) is 21.0. The molecule has 7 aromatic rings. The highest BCUT2D eigenvalue weighted by Crippen LogP contribution is 2.54. The summed E-state index contributed by atoms with van der Waals surface area (Å²) in [5.74, 6) is 0.675. The quantitative estimate of drug-likeness (QED) is 0.145. The molecule has 0 amide bonds. The fraction of sp³-hybridized carbons (Fsp3) is 0.379. The largest absolute Gasteiger partial charge is 0.236 e. The first-order chi connectivity index (χ1) is 29.8. The zero-order chi connectivity index (χ0) is 43.0. The van der Waals surface area contributed by atoms with Crippen molar-refractivity contribution in [1.82, 2.24) is 19.6 Å². The third-order valence-electron chi connectivity index (χ3n) is 16.5. The summed E-state index contributed by atoms with van der Waals surface area (Å²) in [5.41, 5.74) is 19.7. The fourth-order valence-corrected chi connectivity index (χ4v) is 11.4. The van der Waals surface area contributed by atoms with Crippen LogP contribution in [-0.4, -0.2) is 19.6 Å². The van der Waals surface area contributed by atoms with Gasteiger partial charge in [-0.25, -0.2) is 9.36 Å². The molecule has 0 spiro atoms. The lowest BCUT2D eigenvalue weighted by atomic mass is 9.59. The Morgan fingerprint density at radius 1 is 0.452 bits per heavy atom. The van der Waals surface area contributed by atoms with Crippen molar-refractivity contribution < 1.29 is 0 Å². The van der Waals surface area contributed by atoms with Gasteiger partial charge in [0.25, 0.3) is 0 Å². The van der Waals surface area contributed by atoms with Gasteiger partial charge in [0, 0.05) is 32.8 Å². The van der Waals surface area contributed by atoms with Crippen LogP contribution in [-0.2, 0) is 47.3 Å². The summed E-state index contributed by atoms with van der Waals surface area (Å²) in [5, 5.41) is 10.1. The maximum Gasteiger partial charge on any atom is 0.0687 e. The SMILES string of the molecule is CC1(C)c2cc(CCc3cc(CCc4ccc5c(c4)C(C)(C)C(C)(C)c4c(-c6ccccc6)cnn4-5)cc(C4CCCCC4)c3)ccc2-n2ncc(-c3ccccc3)c2C1(C)C. The lowest BCUT2D eigenvalue weighted by Crippen LogP contribution is -2.46. The van der Waals surface area contributed by atoms with Crippen LogP contribution in [0, 0.1) is 0 Å². The smallest absolute Gasteiger partial charge is 0.0687 e. The Hall–Kier alpha value is -5.48. The van der Waals surface area contributed by atoms with E-state index >= 15 is 0 Å². The van der Waals surface area contributed by atoms with Crippen molar-refractivity contribution in [3.8, 4) is 33.6 Å². The molecule has 0 unspecified atom stereocenters. The van der Waals surface area contributed by atoms with Crippen LogP contribution in [0.25, 0.3) is 33.6 Å². The molecule has 62 heavy (non-hydrogen) atoms. The molecule has 1 fully saturated rings. The van der Waals surface area contributed by atoms with E-state index in [0.29, 0.717) is 5.92 Å². The molecule has 1 aliphatic carbocycles. The summed E-state index contributed by atoms with van der Waals surface area (Å²) < 4.78 is 4.46. The van der Waals surface area contributed by atoms with E-state index in [1.165, 1.54) is 111 Å². The van der Waals surface area contributed by atoms with E-state index in [-0.39, 0.29) is 21.7 Å². The zero-order valence-electron chi connectivity index (χ0n) is 38.4. The van der Waals surface area contributed by atoms with Crippen molar-refractivity contribution in [3.05, 3.63) is 178 Å². The summed E-state index contributed by atoms with van der Waals surface area (Å²) in [7, 11) is 0. The number of nitrogens with zero attached hydrogens (tertiary/aromatic N) is 4. The Morgan fingerprint density at radius 2 is 0.871 bits per heavy atom. The van der Waals surface area contributed by atoms with Crippen LogP contribution < -0.4 is 0 Å². The third kappa shape index (κ3) is 6.54. The van der Waals surface area contributed by atoms with Crippen molar-refractivity contribution in [3.63, 3.8) is 0 Å². The van der Waals surface area contributed by atoms with Crippen LogP contribution in [0.2, 0.25) is 0 Å². The number of aryl methyl sites for hydroxylation is 4. The van der Waals surface area contributed by atoms with Crippen LogP contribution in [0.1, 0.15) is 144 Å². The van der Waals surface area contributed by atoms with E-state index in [9.17, 15) is 0 Å². The molecule has 0 radical (unpaired) electrons. The maximum absolute atomic E-state index is 5.03. The van der Waals surface area contributed by atoms with Crippen molar-refractivity contribution >= 4 is 0 Å². The Bertz CT molecular complexity index is 2590. The molecule has 2 aliphatic heterocycles. The Labute approximate surface area is 370 Å². The highest BCUT2D eigenvalue weighted by molar-refractivity contribution is 5.72. The van der Waals surface area contributed by atoms with Crippen molar-refractivity contribution in [2.24, 2.45) is 0 Å². The summed E-state index contributed by atoms with van der Waals surface area (Å²) in [6, 6.07) is 43.6. The van der Waals surface area contributed by atoms with E-state index in [0.717, 1.165) is 25.7 Å². The molecule has 10 rings (SSSR count). The monoisotopic (exact) mass is 817 g/mol. The minimum absolute atomic E-state index is 0.0839. The summed E-state index contributed by atoms with van der Waals surface area (Å²) in [6.07, 6.45) is 15.0. The lowest BCUT2D eigenvalue weighted by molar-refractivity contribution is 0.276. The number of fused-ring (bicyclic) bond motifs is 6. The van der Waals surface area contributed by atoms with Crippen molar-refractivity contribution in [1.29, 1.82) is 0 Å². The van der Waals surface area contributed by atoms with Gasteiger partial charge in [-0.3, -0.25) is 0 Å². The molecule has 316 valence electrons. The average Bonchev–Trinajstić information content (AvgIpc) is 3.95. The molecular weight excluding hydrogens is 753 g/mol. The van der Waals surface area contributed by atoms with Crippen LogP contribution in [0.5, 0.6) is 0 Å². The second kappa shape index (κ2) is 15.1. The van der Waals surface area contributed by atoms with Crippen LogP contribution in [0.4, 0.5) is 0 Å². The van der Waals surface area contributed by atoms with Crippen LogP contribution in [0.3, 0.4) is 0 Å². The standard InChI is InChI=1S/C58H64N4/c1-55(2)49-35-39(28-30-51(49)61-53(57(55,5)6)47(37-59-61)44-20-14-10-15-21-44)24-26-41-32-42(34-46(33-41)43-18-12-9-13-19-43)27-25-40-29-31-52-50(36-40)56(3,4)58(7,8)54-48(38-60-62(52)54)45-22-16-11-17-23-45/h10-11,14-17,20-23,28-38,43H,9,12-13,18-19,24-27H2,1-8H3. The van der Waals surface area contributed by atoms with E-state index < -0.39 is 0 Å². The van der Waals surface area contributed by atoms with Gasteiger partial charge in [0.2, 0.25) is 0 Å². The number of aromatic nitrogens is 4. The molecule has 1 saturated carbocycles. The average molecular weight is 817 g/mol. The second-order valence-corrected chi connectivity index (χ2v) is 21.0. The Balaban J connectivity index is 0.925. The van der Waals surface area contributed by atoms with Gasteiger partial charge in [-0.05, 0) is 107 Å². The molecule has 4 heteroatoms. The first-order valence-corrected chi connectivity index (χ1v) is 23.4. The summed E-state index contributed by atoms with van der Waals surface area (Å²) >= 11 is 0. The highest BCUT2D eigenvalue weighted by atomic mass is 15.3. The molecule has 4 heterocycles. The lowest BCUT2D eigenvalue weighted by Gasteiger charge is -2.47. The molecule has 4 nitrogen and oxygen atoms in total. The maximum atomic E-state index is 5.03. The Kier molecular flexibility index (Phi) is 9.89. The molecule has 0 atom stereocenters. The third-order valence-corrected chi connectivity index (χ3v) is 16.5. The van der Waals surface area contributed by atoms with E-state index in [1.807, 2.05) is 0 Å². The molecule has 2 aromatic heterocycles. The first-order valence-electron chi connectivity index (χ1n) is 23.4. The number of benzene rings is 5. The first kappa shape index (κ1) is 40.6. The molecule has 5 aromatic carbocycles.